The van der Waals surface area contributed by atoms with Gasteiger partial charge in [0.25, 0.3) is 0 Å². The Morgan fingerprint density at radius 1 is 1.05 bits per heavy atom. The van der Waals surface area contributed by atoms with Gasteiger partial charge in [-0.3, -0.25) is 0 Å². The number of anilines is 2. The number of aliphatic hydroxyl groups is 1. The minimum absolute atomic E-state index is 0.0140. The van der Waals surface area contributed by atoms with Crippen molar-refractivity contribution < 1.29 is 31.4 Å². The highest BCUT2D eigenvalue weighted by molar-refractivity contribution is 6.33. The first kappa shape index (κ1) is 31.3. The van der Waals surface area contributed by atoms with Crippen molar-refractivity contribution in [1.82, 2.24) is 19.9 Å². The fraction of sp³-hybridized carbons (Fsp3) is 0.538. The Bertz CT molecular complexity index is 1270. The number of allylic oxidation sites excluding steroid dienone is 3. The molecule has 0 saturated carbocycles. The minimum atomic E-state index is -4.94. The van der Waals surface area contributed by atoms with Crippen LogP contribution in [0.3, 0.4) is 0 Å². The van der Waals surface area contributed by atoms with Crippen LogP contribution in [0.5, 0.6) is 0 Å². The number of aromatic nitrogens is 4. The predicted molar refractivity (Wildman–Crippen MR) is 143 cm³/mol. The van der Waals surface area contributed by atoms with E-state index in [0.717, 1.165) is 11.6 Å². The van der Waals surface area contributed by atoms with Crippen molar-refractivity contribution in [3.05, 3.63) is 57.8 Å². The third kappa shape index (κ3) is 7.61. The fourth-order valence-electron chi connectivity index (χ4n) is 5.24. The largest absolute Gasteiger partial charge is 0.416 e. The van der Waals surface area contributed by atoms with E-state index in [-0.39, 0.29) is 41.5 Å². The number of aryl methyl sites for hydroxylation is 1. The normalized spacial score (nSPS) is 21.6. The Morgan fingerprint density at radius 3 is 2.37 bits per heavy atom. The van der Waals surface area contributed by atoms with Gasteiger partial charge in [0.1, 0.15) is 5.02 Å². The first-order valence-electron chi connectivity index (χ1n) is 13.0. The van der Waals surface area contributed by atoms with Crippen LogP contribution in [-0.2, 0) is 6.42 Å². The van der Waals surface area contributed by atoms with Gasteiger partial charge < -0.3 is 14.9 Å². The summed E-state index contributed by atoms with van der Waals surface area (Å²) >= 11 is 12.4. The van der Waals surface area contributed by atoms with Crippen LogP contribution in [0.2, 0.25) is 10.3 Å². The molecule has 1 N–H and O–H groups in total. The van der Waals surface area contributed by atoms with Crippen LogP contribution in [0.4, 0.5) is 38.1 Å². The molecule has 1 aliphatic heterocycles. The molecule has 4 rings (SSSR count). The molecule has 0 spiro atoms. The zero-order valence-corrected chi connectivity index (χ0v) is 23.4. The van der Waals surface area contributed by atoms with Gasteiger partial charge in [0.15, 0.2) is 5.82 Å². The summed E-state index contributed by atoms with van der Waals surface area (Å²) in [5, 5.41) is 9.35. The van der Waals surface area contributed by atoms with Crippen molar-refractivity contribution in [2.75, 3.05) is 29.5 Å². The second kappa shape index (κ2) is 12.7. The molecule has 0 bridgehead atoms. The molecule has 224 valence electrons. The summed E-state index contributed by atoms with van der Waals surface area (Å²) in [5.41, 5.74) is -1.83. The van der Waals surface area contributed by atoms with E-state index in [1.165, 1.54) is 6.20 Å². The van der Waals surface area contributed by atoms with Crippen LogP contribution >= 0.6 is 23.2 Å². The summed E-state index contributed by atoms with van der Waals surface area (Å²) < 4.78 is 81.7. The minimum Gasteiger partial charge on any atom is -0.396 e. The zero-order chi connectivity index (χ0) is 29.9. The van der Waals surface area contributed by atoms with Gasteiger partial charge in [0, 0.05) is 43.7 Å². The molecule has 2 aromatic rings. The van der Waals surface area contributed by atoms with Crippen molar-refractivity contribution in [3.8, 4) is 0 Å². The number of hydrogen-bond donors (Lipinski definition) is 1. The van der Waals surface area contributed by atoms with E-state index in [2.05, 4.69) is 19.9 Å². The quantitative estimate of drug-likeness (QED) is 0.257. The van der Waals surface area contributed by atoms with Crippen LogP contribution < -0.4 is 9.80 Å². The summed E-state index contributed by atoms with van der Waals surface area (Å²) in [4.78, 5) is 20.6. The molecule has 15 heteroatoms. The lowest BCUT2D eigenvalue weighted by Crippen LogP contribution is -2.42. The number of halogens is 8. The monoisotopic (exact) mass is 624 g/mol. The predicted octanol–water partition coefficient (Wildman–Crippen LogP) is 6.36. The van der Waals surface area contributed by atoms with E-state index in [4.69, 9.17) is 28.3 Å². The Balaban J connectivity index is 1.69. The average molecular weight is 625 g/mol. The topological polar surface area (TPSA) is 78.3 Å². The molecule has 3 heterocycles. The SMILES string of the molecule is CCC1CC(N(CC2C=C(C(F)(F)F)C=C(C(F)(F)F)C2)c2ncc(CCCO)cn2)CN1c1nc(Cl)ncc1Cl. The number of alkyl halides is 6. The molecular formula is C26H28Cl2F6N6O. The van der Waals surface area contributed by atoms with Gasteiger partial charge in [0.05, 0.1) is 17.8 Å². The standard InChI is InChI=1S/C26H28Cl2F6N6O/c1-2-19-9-20(14-39(19)22-21(27)12-35-23(28)38-22)40(24-36-10-15(11-37-24)4-3-5-41)13-16-6-17(25(29,30)31)8-18(7-16)26(32,33)34/h6,8,10-12,16,19-20,41H,2-5,7,9,13-14H2,1H3. The molecule has 0 radical (unpaired) electrons. The van der Waals surface area contributed by atoms with E-state index < -0.39 is 41.9 Å². The zero-order valence-electron chi connectivity index (χ0n) is 21.9. The van der Waals surface area contributed by atoms with Crippen molar-refractivity contribution >= 4 is 35.0 Å². The van der Waals surface area contributed by atoms with Crippen LogP contribution in [0.1, 0.15) is 38.2 Å². The van der Waals surface area contributed by atoms with Crippen molar-refractivity contribution in [2.45, 2.75) is 63.5 Å². The molecule has 0 aromatic carbocycles. The van der Waals surface area contributed by atoms with Crippen molar-refractivity contribution in [1.29, 1.82) is 0 Å². The maximum atomic E-state index is 13.6. The molecule has 7 nitrogen and oxygen atoms in total. The van der Waals surface area contributed by atoms with E-state index in [0.29, 0.717) is 38.0 Å². The molecule has 2 aromatic heterocycles. The van der Waals surface area contributed by atoms with Gasteiger partial charge in [-0.2, -0.15) is 31.3 Å². The van der Waals surface area contributed by atoms with Gasteiger partial charge >= 0.3 is 12.4 Å². The van der Waals surface area contributed by atoms with Crippen molar-refractivity contribution in [2.24, 2.45) is 5.92 Å². The van der Waals surface area contributed by atoms with E-state index in [1.54, 1.807) is 17.3 Å². The molecule has 1 fully saturated rings. The highest BCUT2D eigenvalue weighted by atomic mass is 35.5. The third-order valence-electron chi connectivity index (χ3n) is 7.19. The summed E-state index contributed by atoms with van der Waals surface area (Å²) in [6.45, 7) is 2.04. The van der Waals surface area contributed by atoms with Gasteiger partial charge in [-0.05, 0) is 61.3 Å². The van der Waals surface area contributed by atoms with E-state index >= 15 is 0 Å². The molecule has 41 heavy (non-hydrogen) atoms. The Morgan fingerprint density at radius 2 is 1.76 bits per heavy atom. The van der Waals surface area contributed by atoms with Crippen molar-refractivity contribution in [3.63, 3.8) is 0 Å². The van der Waals surface area contributed by atoms with Gasteiger partial charge in [-0.25, -0.2) is 15.0 Å². The Hall–Kier alpha value is -2.64. The molecule has 1 saturated heterocycles. The summed E-state index contributed by atoms with van der Waals surface area (Å²) in [7, 11) is 0. The Labute approximate surface area is 242 Å². The number of nitrogens with zero attached hydrogens (tertiary/aromatic N) is 6. The lowest BCUT2D eigenvalue weighted by molar-refractivity contribution is -0.0999. The highest BCUT2D eigenvalue weighted by Gasteiger charge is 2.43. The van der Waals surface area contributed by atoms with Gasteiger partial charge in [0.2, 0.25) is 11.2 Å². The average Bonchev–Trinajstić information content (AvgIpc) is 3.35. The van der Waals surface area contributed by atoms with E-state index in [1.807, 2.05) is 11.8 Å². The summed E-state index contributed by atoms with van der Waals surface area (Å²) in [6, 6.07) is -0.496. The second-order valence-electron chi connectivity index (χ2n) is 10.0. The third-order valence-corrected chi connectivity index (χ3v) is 7.64. The molecule has 1 aliphatic carbocycles. The second-order valence-corrected chi connectivity index (χ2v) is 10.8. The molecule has 0 amide bonds. The van der Waals surface area contributed by atoms with Gasteiger partial charge in [-0.1, -0.05) is 24.6 Å². The lowest BCUT2D eigenvalue weighted by Gasteiger charge is -2.34. The summed E-state index contributed by atoms with van der Waals surface area (Å²) in [5.74, 6) is -0.547. The van der Waals surface area contributed by atoms with Crippen LogP contribution in [0, 0.1) is 5.92 Å². The highest BCUT2D eigenvalue weighted by Crippen LogP contribution is 2.41. The number of aliphatic hydroxyl groups excluding tert-OH is 1. The lowest BCUT2D eigenvalue weighted by atomic mass is 9.88. The fourth-order valence-corrected chi connectivity index (χ4v) is 5.57. The smallest absolute Gasteiger partial charge is 0.396 e. The van der Waals surface area contributed by atoms with E-state index in [9.17, 15) is 26.3 Å². The first-order valence-corrected chi connectivity index (χ1v) is 13.8. The van der Waals surface area contributed by atoms with Crippen LogP contribution in [-0.4, -0.2) is 69.2 Å². The molecular weight excluding hydrogens is 597 g/mol. The summed E-state index contributed by atoms with van der Waals surface area (Å²) in [6.07, 6.45) is -2.80. The van der Waals surface area contributed by atoms with Crippen LogP contribution in [0.25, 0.3) is 0 Å². The molecule has 3 atom stereocenters. The molecule has 3 unspecified atom stereocenters. The maximum absolute atomic E-state index is 13.6. The maximum Gasteiger partial charge on any atom is 0.416 e. The van der Waals surface area contributed by atoms with Gasteiger partial charge in [-0.15, -0.1) is 0 Å². The Kier molecular flexibility index (Phi) is 9.70. The number of hydrogen-bond acceptors (Lipinski definition) is 7. The first-order chi connectivity index (χ1) is 19.3. The molecule has 2 aliphatic rings. The van der Waals surface area contributed by atoms with Crippen LogP contribution in [0.15, 0.2) is 41.9 Å². The number of rotatable bonds is 9.